The number of benzene rings is 1. The number of hydrogen-bond acceptors (Lipinski definition) is 4. The van der Waals surface area contributed by atoms with Gasteiger partial charge in [-0.2, -0.15) is 9.78 Å². The maximum atomic E-state index is 13.9. The lowest BCUT2D eigenvalue weighted by molar-refractivity contribution is -0.131. The quantitative estimate of drug-likeness (QED) is 0.866. The van der Waals surface area contributed by atoms with Crippen molar-refractivity contribution in [2.75, 3.05) is 11.9 Å². The van der Waals surface area contributed by atoms with Crippen molar-refractivity contribution in [2.45, 2.75) is 38.8 Å². The van der Waals surface area contributed by atoms with Crippen molar-refractivity contribution in [3.8, 4) is 5.69 Å². The highest BCUT2D eigenvalue weighted by atomic mass is 35.5. The molecule has 6 nitrogen and oxygen atoms in total. The Morgan fingerprint density at radius 3 is 2.56 bits per heavy atom. The van der Waals surface area contributed by atoms with Crippen LogP contribution in [-0.4, -0.2) is 38.7 Å². The molecule has 2 heterocycles. The molecule has 2 aromatic rings. The molecule has 1 aromatic carbocycles. The molecular weight excluding hydrogens is 378 g/mol. The predicted octanol–water partition coefficient (Wildman–Crippen LogP) is 2.98. The first-order valence-corrected chi connectivity index (χ1v) is 8.76. The second-order valence-corrected chi connectivity index (χ2v) is 7.78. The fourth-order valence-electron chi connectivity index (χ4n) is 3.03. The van der Waals surface area contributed by atoms with Gasteiger partial charge in [-0.25, -0.2) is 8.78 Å². The minimum atomic E-state index is -0.927. The average Bonchev–Trinajstić information content (AvgIpc) is 2.94. The first kappa shape index (κ1) is 19.3. The summed E-state index contributed by atoms with van der Waals surface area (Å²) in [5.74, 6) is -1.68. The van der Waals surface area contributed by atoms with Crippen LogP contribution in [0, 0.1) is 11.6 Å². The summed E-state index contributed by atoms with van der Waals surface area (Å²) in [6.45, 7) is 6.30. The van der Waals surface area contributed by atoms with Gasteiger partial charge in [-0.1, -0.05) is 11.6 Å². The van der Waals surface area contributed by atoms with E-state index in [9.17, 15) is 18.4 Å². The number of nitrogens with one attached hydrogen (secondary N) is 1. The van der Waals surface area contributed by atoms with E-state index >= 15 is 0 Å². The maximum Gasteiger partial charge on any atom is 0.292 e. The third-order valence-corrected chi connectivity index (χ3v) is 4.72. The van der Waals surface area contributed by atoms with Crippen molar-refractivity contribution >= 4 is 23.2 Å². The van der Waals surface area contributed by atoms with E-state index in [1.54, 1.807) is 4.90 Å². The molecule has 1 N–H and O–H groups in total. The van der Waals surface area contributed by atoms with E-state index in [1.807, 2.05) is 20.8 Å². The summed E-state index contributed by atoms with van der Waals surface area (Å²) < 4.78 is 27.8. The molecule has 1 unspecified atom stereocenters. The Balaban J connectivity index is 1.86. The third kappa shape index (κ3) is 3.80. The summed E-state index contributed by atoms with van der Waals surface area (Å²) in [4.78, 5) is 26.4. The molecule has 1 amide bonds. The van der Waals surface area contributed by atoms with Crippen molar-refractivity contribution in [3.05, 3.63) is 51.4 Å². The van der Waals surface area contributed by atoms with Gasteiger partial charge in [0, 0.05) is 24.6 Å². The van der Waals surface area contributed by atoms with E-state index < -0.39 is 17.2 Å². The van der Waals surface area contributed by atoms with Crippen molar-refractivity contribution in [1.29, 1.82) is 0 Å². The second-order valence-electron chi connectivity index (χ2n) is 7.41. The Hall–Kier alpha value is -2.48. The zero-order chi connectivity index (χ0) is 19.9. The Bertz CT molecular complexity index is 955. The summed E-state index contributed by atoms with van der Waals surface area (Å²) in [7, 11) is 0. The largest absolute Gasteiger partial charge is 0.377 e. The molecule has 0 bridgehead atoms. The summed E-state index contributed by atoms with van der Waals surface area (Å²) in [5.41, 5.74) is -0.998. The summed E-state index contributed by atoms with van der Waals surface area (Å²) >= 11 is 6.14. The van der Waals surface area contributed by atoms with Gasteiger partial charge in [0.2, 0.25) is 5.91 Å². The normalized spacial score (nSPS) is 17.5. The van der Waals surface area contributed by atoms with Crippen LogP contribution in [0.15, 0.2) is 29.2 Å². The van der Waals surface area contributed by atoms with Gasteiger partial charge in [0.1, 0.15) is 16.5 Å². The highest BCUT2D eigenvalue weighted by Crippen LogP contribution is 2.26. The number of hydrogen-bond donors (Lipinski definition) is 1. The van der Waals surface area contributed by atoms with Crippen LogP contribution in [0.2, 0.25) is 5.02 Å². The van der Waals surface area contributed by atoms with Crippen molar-refractivity contribution in [1.82, 2.24) is 14.7 Å². The molecule has 3 rings (SSSR count). The predicted molar refractivity (Wildman–Crippen MR) is 98.3 cm³/mol. The Labute approximate surface area is 159 Å². The van der Waals surface area contributed by atoms with Crippen LogP contribution in [0.5, 0.6) is 0 Å². The van der Waals surface area contributed by atoms with Crippen LogP contribution in [0.1, 0.15) is 27.2 Å². The van der Waals surface area contributed by atoms with E-state index in [0.29, 0.717) is 12.6 Å². The number of aromatic nitrogens is 2. The zero-order valence-corrected chi connectivity index (χ0v) is 15.8. The lowest BCUT2D eigenvalue weighted by Gasteiger charge is -2.32. The SMILES string of the molecule is CC(C)(C)N1CC(Nc2cnn(-c3ccc(F)cc3F)c(=O)c2Cl)CC1=O. The highest BCUT2D eigenvalue weighted by molar-refractivity contribution is 6.33. The minimum Gasteiger partial charge on any atom is -0.377 e. The van der Waals surface area contributed by atoms with E-state index in [1.165, 1.54) is 6.20 Å². The van der Waals surface area contributed by atoms with Crippen molar-refractivity contribution in [3.63, 3.8) is 0 Å². The molecule has 0 aliphatic carbocycles. The number of halogens is 3. The molecule has 9 heteroatoms. The molecule has 0 saturated carbocycles. The molecular formula is C18H19ClF2N4O2. The Kier molecular flexibility index (Phi) is 4.94. The molecule has 0 radical (unpaired) electrons. The van der Waals surface area contributed by atoms with Crippen LogP contribution in [-0.2, 0) is 4.79 Å². The van der Waals surface area contributed by atoms with Crippen LogP contribution < -0.4 is 10.9 Å². The molecule has 1 aliphatic heterocycles. The third-order valence-electron chi connectivity index (χ3n) is 4.35. The highest BCUT2D eigenvalue weighted by Gasteiger charge is 2.36. The van der Waals surface area contributed by atoms with Crippen LogP contribution in [0.25, 0.3) is 5.69 Å². The topological polar surface area (TPSA) is 67.2 Å². The molecule has 1 aliphatic rings. The van der Waals surface area contributed by atoms with E-state index in [4.69, 9.17) is 11.6 Å². The summed E-state index contributed by atoms with van der Waals surface area (Å²) in [6.07, 6.45) is 1.56. The molecule has 1 fully saturated rings. The smallest absolute Gasteiger partial charge is 0.292 e. The molecule has 0 spiro atoms. The van der Waals surface area contributed by atoms with Gasteiger partial charge in [-0.3, -0.25) is 9.59 Å². The van der Waals surface area contributed by atoms with E-state index in [2.05, 4.69) is 10.4 Å². The van der Waals surface area contributed by atoms with Crippen LogP contribution >= 0.6 is 11.6 Å². The minimum absolute atomic E-state index is 0.00538. The second kappa shape index (κ2) is 6.92. The number of likely N-dealkylation sites (tertiary alicyclic amines) is 1. The molecule has 1 atom stereocenters. The number of rotatable bonds is 3. The monoisotopic (exact) mass is 396 g/mol. The van der Waals surface area contributed by atoms with Crippen LogP contribution in [0.3, 0.4) is 0 Å². The van der Waals surface area contributed by atoms with Gasteiger partial charge in [-0.15, -0.1) is 0 Å². The molecule has 27 heavy (non-hydrogen) atoms. The Morgan fingerprint density at radius 1 is 1.26 bits per heavy atom. The van der Waals surface area contributed by atoms with Gasteiger partial charge in [0.25, 0.3) is 5.56 Å². The summed E-state index contributed by atoms with van der Waals surface area (Å²) in [6, 6.07) is 2.57. The molecule has 1 aromatic heterocycles. The summed E-state index contributed by atoms with van der Waals surface area (Å²) in [5, 5.41) is 6.80. The fraction of sp³-hybridized carbons (Fsp3) is 0.389. The number of amides is 1. The number of carbonyl (C=O) groups excluding carboxylic acids is 1. The van der Waals surface area contributed by atoms with Gasteiger partial charge >= 0.3 is 0 Å². The maximum absolute atomic E-state index is 13.9. The molecule has 144 valence electrons. The van der Waals surface area contributed by atoms with Crippen molar-refractivity contribution in [2.24, 2.45) is 0 Å². The van der Waals surface area contributed by atoms with Crippen LogP contribution in [0.4, 0.5) is 14.5 Å². The first-order valence-electron chi connectivity index (χ1n) is 8.38. The van der Waals surface area contributed by atoms with E-state index in [-0.39, 0.29) is 40.3 Å². The number of anilines is 1. The lowest BCUT2D eigenvalue weighted by atomic mass is 10.1. The Morgan fingerprint density at radius 2 is 1.96 bits per heavy atom. The number of carbonyl (C=O) groups is 1. The standard InChI is InChI=1S/C18H19ClF2N4O2/c1-18(2,3)24-9-11(7-15(24)26)23-13-8-22-25(17(27)16(13)19)14-5-4-10(20)6-12(14)21/h4-6,8,11,23H,7,9H2,1-3H3. The lowest BCUT2D eigenvalue weighted by Crippen LogP contribution is -2.43. The number of nitrogens with zero attached hydrogens (tertiary/aromatic N) is 3. The zero-order valence-electron chi connectivity index (χ0n) is 15.1. The fourth-order valence-corrected chi connectivity index (χ4v) is 3.21. The molecule has 1 saturated heterocycles. The van der Waals surface area contributed by atoms with Gasteiger partial charge in [-0.05, 0) is 32.9 Å². The van der Waals surface area contributed by atoms with E-state index in [0.717, 1.165) is 16.8 Å². The average molecular weight is 397 g/mol. The van der Waals surface area contributed by atoms with Gasteiger partial charge < -0.3 is 10.2 Å². The van der Waals surface area contributed by atoms with Gasteiger partial charge in [0.15, 0.2) is 5.82 Å². The first-order chi connectivity index (χ1) is 12.6. The van der Waals surface area contributed by atoms with Crippen molar-refractivity contribution < 1.29 is 13.6 Å². The van der Waals surface area contributed by atoms with Gasteiger partial charge in [0.05, 0.1) is 17.9 Å².